The van der Waals surface area contributed by atoms with Gasteiger partial charge < -0.3 is 9.84 Å². The summed E-state index contributed by atoms with van der Waals surface area (Å²) < 4.78 is 5.64. The van der Waals surface area contributed by atoms with E-state index < -0.39 is 5.97 Å². The van der Waals surface area contributed by atoms with Crippen molar-refractivity contribution >= 4 is 5.97 Å². The Bertz CT molecular complexity index is 443. The number of rotatable bonds is 9. The minimum atomic E-state index is -0.726. The largest absolute Gasteiger partial charge is 0.494 e. The summed E-state index contributed by atoms with van der Waals surface area (Å²) in [5, 5.41) is 8.83. The maximum absolute atomic E-state index is 10.7. The molecule has 1 aromatic rings. The lowest BCUT2D eigenvalue weighted by molar-refractivity contribution is -0.137. The van der Waals surface area contributed by atoms with Crippen LogP contribution in [0.5, 0.6) is 5.75 Å². The summed E-state index contributed by atoms with van der Waals surface area (Å²) in [5.74, 6) is 0.175. The third-order valence-corrected chi connectivity index (χ3v) is 3.43. The Morgan fingerprint density at radius 3 is 2.90 bits per heavy atom. The van der Waals surface area contributed by atoms with Gasteiger partial charge in [-0.25, -0.2) is 0 Å². The van der Waals surface area contributed by atoms with Crippen LogP contribution in [0.25, 0.3) is 0 Å². The van der Waals surface area contributed by atoms with E-state index in [1.54, 1.807) is 0 Å². The van der Waals surface area contributed by atoms with E-state index in [1.807, 2.05) is 12.1 Å². The number of carboxylic acid groups (broad SMARTS) is 1. The standard InChI is InChI=1S/C16H23NO3/c1-2-10-20-15-5-3-4-13(11-15)12-17(14-6-7-14)9-8-16(18)19/h3-5,11,14H,2,6-10,12H2,1H3,(H,18,19). The van der Waals surface area contributed by atoms with Crippen LogP contribution in [0.4, 0.5) is 0 Å². The van der Waals surface area contributed by atoms with E-state index in [1.165, 1.54) is 18.4 Å². The lowest BCUT2D eigenvalue weighted by Gasteiger charge is -2.21. The summed E-state index contributed by atoms with van der Waals surface area (Å²) in [5.41, 5.74) is 1.19. The van der Waals surface area contributed by atoms with Crippen molar-refractivity contribution in [2.75, 3.05) is 13.2 Å². The van der Waals surface area contributed by atoms with Gasteiger partial charge >= 0.3 is 5.97 Å². The fourth-order valence-electron chi connectivity index (χ4n) is 2.26. The van der Waals surface area contributed by atoms with E-state index in [0.717, 1.165) is 25.3 Å². The van der Waals surface area contributed by atoms with Gasteiger partial charge in [-0.1, -0.05) is 19.1 Å². The second-order valence-electron chi connectivity index (χ2n) is 5.34. The quantitative estimate of drug-likeness (QED) is 0.754. The van der Waals surface area contributed by atoms with Crippen molar-refractivity contribution in [3.05, 3.63) is 29.8 Å². The SMILES string of the molecule is CCCOc1cccc(CN(CCC(=O)O)C2CC2)c1. The molecule has 110 valence electrons. The monoisotopic (exact) mass is 277 g/mol. The molecule has 0 saturated heterocycles. The van der Waals surface area contributed by atoms with E-state index in [4.69, 9.17) is 9.84 Å². The van der Waals surface area contributed by atoms with Crippen LogP contribution >= 0.6 is 0 Å². The molecule has 0 aliphatic heterocycles. The number of hydrogen-bond acceptors (Lipinski definition) is 3. The van der Waals surface area contributed by atoms with Crippen LogP contribution in [-0.4, -0.2) is 35.2 Å². The fourth-order valence-corrected chi connectivity index (χ4v) is 2.26. The number of aliphatic carboxylic acids is 1. The lowest BCUT2D eigenvalue weighted by atomic mass is 10.2. The van der Waals surface area contributed by atoms with Gasteiger partial charge in [0, 0.05) is 19.1 Å². The molecule has 0 heterocycles. The van der Waals surface area contributed by atoms with E-state index in [2.05, 4.69) is 24.0 Å². The number of nitrogens with zero attached hydrogens (tertiary/aromatic N) is 1. The Labute approximate surface area is 120 Å². The van der Waals surface area contributed by atoms with Gasteiger partial charge in [0.2, 0.25) is 0 Å². The third kappa shape index (κ3) is 4.85. The van der Waals surface area contributed by atoms with Crippen molar-refractivity contribution in [2.24, 2.45) is 0 Å². The van der Waals surface area contributed by atoms with Crippen LogP contribution in [0.2, 0.25) is 0 Å². The Kier molecular flexibility index (Phi) is 5.41. The summed E-state index contributed by atoms with van der Waals surface area (Å²) in [6, 6.07) is 8.68. The van der Waals surface area contributed by atoms with Gasteiger partial charge in [0.15, 0.2) is 0 Å². The van der Waals surface area contributed by atoms with Gasteiger partial charge in [-0.05, 0) is 37.0 Å². The van der Waals surface area contributed by atoms with Crippen molar-refractivity contribution in [2.45, 2.75) is 45.2 Å². The molecule has 20 heavy (non-hydrogen) atoms. The van der Waals surface area contributed by atoms with Crippen molar-refractivity contribution in [3.8, 4) is 5.75 Å². The third-order valence-electron chi connectivity index (χ3n) is 3.43. The molecule has 0 atom stereocenters. The molecule has 1 saturated carbocycles. The molecule has 0 radical (unpaired) electrons. The highest BCUT2D eigenvalue weighted by Gasteiger charge is 2.29. The predicted octanol–water partition coefficient (Wildman–Crippen LogP) is 2.91. The molecule has 0 unspecified atom stereocenters. The number of carbonyl (C=O) groups is 1. The van der Waals surface area contributed by atoms with Crippen molar-refractivity contribution in [3.63, 3.8) is 0 Å². The summed E-state index contributed by atoms with van der Waals surface area (Å²) in [7, 11) is 0. The molecular formula is C16H23NO3. The molecule has 0 bridgehead atoms. The smallest absolute Gasteiger partial charge is 0.304 e. The lowest BCUT2D eigenvalue weighted by Crippen LogP contribution is -2.28. The second-order valence-corrected chi connectivity index (χ2v) is 5.34. The van der Waals surface area contributed by atoms with Gasteiger partial charge in [0.25, 0.3) is 0 Å². The minimum absolute atomic E-state index is 0.211. The van der Waals surface area contributed by atoms with E-state index in [9.17, 15) is 4.79 Å². The molecular weight excluding hydrogens is 254 g/mol. The average Bonchev–Trinajstić information content (AvgIpc) is 3.26. The topological polar surface area (TPSA) is 49.8 Å². The molecule has 1 aliphatic carbocycles. The van der Waals surface area contributed by atoms with Crippen LogP contribution in [-0.2, 0) is 11.3 Å². The van der Waals surface area contributed by atoms with E-state index in [0.29, 0.717) is 12.6 Å². The van der Waals surface area contributed by atoms with Gasteiger partial charge in [-0.15, -0.1) is 0 Å². The Balaban J connectivity index is 1.93. The van der Waals surface area contributed by atoms with Crippen molar-refractivity contribution in [1.29, 1.82) is 0 Å². The average molecular weight is 277 g/mol. The first-order chi connectivity index (χ1) is 9.69. The van der Waals surface area contributed by atoms with Crippen LogP contribution in [0.15, 0.2) is 24.3 Å². The molecule has 4 heteroatoms. The van der Waals surface area contributed by atoms with Crippen LogP contribution in [0.1, 0.15) is 38.2 Å². The summed E-state index contributed by atoms with van der Waals surface area (Å²) in [6.45, 7) is 4.25. The maximum atomic E-state index is 10.7. The number of benzene rings is 1. The first-order valence-electron chi connectivity index (χ1n) is 7.36. The fraction of sp³-hybridized carbons (Fsp3) is 0.562. The predicted molar refractivity (Wildman–Crippen MR) is 77.9 cm³/mol. The maximum Gasteiger partial charge on any atom is 0.304 e. The zero-order chi connectivity index (χ0) is 14.4. The van der Waals surface area contributed by atoms with Gasteiger partial charge in [-0.2, -0.15) is 0 Å². The molecule has 0 aromatic heterocycles. The summed E-state index contributed by atoms with van der Waals surface area (Å²) in [4.78, 5) is 13.0. The molecule has 0 amide bonds. The highest BCUT2D eigenvalue weighted by Crippen LogP contribution is 2.29. The molecule has 1 fully saturated rings. The number of carboxylic acids is 1. The minimum Gasteiger partial charge on any atom is -0.494 e. The number of hydrogen-bond donors (Lipinski definition) is 1. The molecule has 1 aliphatic rings. The first-order valence-corrected chi connectivity index (χ1v) is 7.36. The zero-order valence-electron chi connectivity index (χ0n) is 12.0. The highest BCUT2D eigenvalue weighted by atomic mass is 16.5. The molecule has 2 rings (SSSR count). The Morgan fingerprint density at radius 2 is 2.25 bits per heavy atom. The summed E-state index contributed by atoms with van der Waals surface area (Å²) in [6.07, 6.45) is 3.58. The zero-order valence-corrected chi connectivity index (χ0v) is 12.0. The van der Waals surface area contributed by atoms with Crippen molar-refractivity contribution < 1.29 is 14.6 Å². The van der Waals surface area contributed by atoms with Crippen LogP contribution < -0.4 is 4.74 Å². The molecule has 1 N–H and O–H groups in total. The van der Waals surface area contributed by atoms with Gasteiger partial charge in [0.05, 0.1) is 13.0 Å². The van der Waals surface area contributed by atoms with Crippen LogP contribution in [0.3, 0.4) is 0 Å². The second kappa shape index (κ2) is 7.29. The van der Waals surface area contributed by atoms with E-state index >= 15 is 0 Å². The van der Waals surface area contributed by atoms with Gasteiger partial charge in [0.1, 0.15) is 5.75 Å². The molecule has 0 spiro atoms. The molecule has 1 aromatic carbocycles. The van der Waals surface area contributed by atoms with Crippen LogP contribution in [0, 0.1) is 0 Å². The van der Waals surface area contributed by atoms with Gasteiger partial charge in [-0.3, -0.25) is 9.69 Å². The molecule has 4 nitrogen and oxygen atoms in total. The van der Waals surface area contributed by atoms with E-state index in [-0.39, 0.29) is 6.42 Å². The summed E-state index contributed by atoms with van der Waals surface area (Å²) >= 11 is 0. The Morgan fingerprint density at radius 1 is 1.45 bits per heavy atom. The first kappa shape index (κ1) is 14.9. The Hall–Kier alpha value is -1.55. The van der Waals surface area contributed by atoms with Crippen molar-refractivity contribution in [1.82, 2.24) is 4.90 Å². The normalized spacial score (nSPS) is 14.5. The number of ether oxygens (including phenoxy) is 1. The highest BCUT2D eigenvalue weighted by molar-refractivity contribution is 5.66.